The smallest absolute Gasteiger partial charge is 0.376 e. The van der Waals surface area contributed by atoms with E-state index in [1.165, 1.54) is 18.5 Å². The van der Waals surface area contributed by atoms with Crippen molar-refractivity contribution in [2.24, 2.45) is 11.3 Å². The normalized spacial score (nSPS) is 24.6. The minimum atomic E-state index is -4.54. The molecule has 11 heteroatoms. The van der Waals surface area contributed by atoms with E-state index in [9.17, 15) is 18.4 Å². The summed E-state index contributed by atoms with van der Waals surface area (Å²) in [6, 6.07) is 5.37. The second kappa shape index (κ2) is 10.6. The largest absolute Gasteiger partial charge is 0.416 e. The zero-order chi connectivity index (χ0) is 28.1. The molecule has 3 unspecified atom stereocenters. The van der Waals surface area contributed by atoms with Gasteiger partial charge in [0, 0.05) is 34.9 Å². The molecule has 2 aliphatic carbocycles. The molecule has 2 bridgehead atoms. The first kappa shape index (κ1) is 27.5. The lowest BCUT2D eigenvalue weighted by Crippen LogP contribution is -2.44. The fourth-order valence-electron chi connectivity index (χ4n) is 6.21. The molecule has 3 aromatic rings. The van der Waals surface area contributed by atoms with Crippen LogP contribution in [0.4, 0.5) is 13.2 Å². The monoisotopic (exact) mass is 591 g/mol. The number of alkyl halides is 3. The van der Waals surface area contributed by atoms with E-state index in [-0.39, 0.29) is 23.5 Å². The van der Waals surface area contributed by atoms with Gasteiger partial charge in [-0.3, -0.25) is 4.98 Å². The van der Waals surface area contributed by atoms with Crippen LogP contribution < -0.4 is 0 Å². The van der Waals surface area contributed by atoms with Gasteiger partial charge in [-0.15, -0.1) is 0 Å². The van der Waals surface area contributed by atoms with E-state index in [1.807, 2.05) is 6.07 Å². The molecule has 1 aliphatic heterocycles. The molecule has 210 valence electrons. The molecule has 0 radical (unpaired) electrons. The summed E-state index contributed by atoms with van der Waals surface area (Å²) in [6.45, 7) is 1.05. The first-order chi connectivity index (χ1) is 19.2. The number of nitrogens with zero attached hydrogens (tertiary/aromatic N) is 3. The van der Waals surface area contributed by atoms with Gasteiger partial charge in [0.05, 0.1) is 53.2 Å². The Morgan fingerprint density at radius 3 is 2.60 bits per heavy atom. The Kier molecular flexibility index (Phi) is 7.32. The summed E-state index contributed by atoms with van der Waals surface area (Å²) in [4.78, 5) is 4.03. The molecule has 3 fully saturated rings. The van der Waals surface area contributed by atoms with Gasteiger partial charge in [-0.25, -0.2) is 0 Å². The lowest BCUT2D eigenvalue weighted by atomic mass is 9.66. The molecule has 0 spiro atoms. The average molecular weight is 592 g/mol. The van der Waals surface area contributed by atoms with Crippen LogP contribution in [0.2, 0.25) is 10.0 Å². The van der Waals surface area contributed by atoms with Gasteiger partial charge in [0.2, 0.25) is 0 Å². The van der Waals surface area contributed by atoms with Crippen molar-refractivity contribution < 1.29 is 27.2 Å². The van der Waals surface area contributed by atoms with Gasteiger partial charge in [-0.1, -0.05) is 34.8 Å². The maximum absolute atomic E-state index is 13.5. The molecule has 3 atom stereocenters. The zero-order valence-corrected chi connectivity index (χ0v) is 23.0. The third-order valence-corrected chi connectivity index (χ3v) is 8.80. The maximum atomic E-state index is 13.5. The Labute approximate surface area is 239 Å². The second-order valence-corrected chi connectivity index (χ2v) is 12.0. The van der Waals surface area contributed by atoms with Crippen LogP contribution in [0, 0.1) is 22.7 Å². The lowest BCUT2D eigenvalue weighted by molar-refractivity contribution is -0.151. The van der Waals surface area contributed by atoms with Gasteiger partial charge in [0.25, 0.3) is 0 Å². The molecule has 0 amide bonds. The van der Waals surface area contributed by atoms with Gasteiger partial charge in [-0.2, -0.15) is 18.4 Å². The number of aromatic nitrogens is 2. The van der Waals surface area contributed by atoms with E-state index in [0.717, 1.165) is 62.0 Å². The van der Waals surface area contributed by atoms with Gasteiger partial charge in [0.1, 0.15) is 11.5 Å². The van der Waals surface area contributed by atoms with Crippen molar-refractivity contribution in [2.75, 3.05) is 13.2 Å². The van der Waals surface area contributed by atoms with Crippen molar-refractivity contribution in [3.8, 4) is 17.3 Å². The Hall–Kier alpha value is -2.64. The van der Waals surface area contributed by atoms with E-state index in [0.29, 0.717) is 46.0 Å². The van der Waals surface area contributed by atoms with Crippen LogP contribution in [0.25, 0.3) is 11.3 Å². The minimum absolute atomic E-state index is 0.0187. The predicted octanol–water partition coefficient (Wildman–Crippen LogP) is 8.28. The Balaban J connectivity index is 1.19. The van der Waals surface area contributed by atoms with Crippen molar-refractivity contribution in [3.63, 3.8) is 0 Å². The molecule has 6 rings (SSSR count). The van der Waals surface area contributed by atoms with Crippen molar-refractivity contribution in [1.82, 2.24) is 10.1 Å². The summed E-state index contributed by atoms with van der Waals surface area (Å²) in [5.41, 5.74) is 1.25. The molecule has 3 heterocycles. The number of nitriles is 1. The van der Waals surface area contributed by atoms with Gasteiger partial charge in [-0.05, 0) is 61.8 Å². The molecule has 6 nitrogen and oxygen atoms in total. The third kappa shape index (κ3) is 5.35. The summed E-state index contributed by atoms with van der Waals surface area (Å²) in [5.74, 6) is 1.11. The number of benzene rings is 1. The van der Waals surface area contributed by atoms with E-state index < -0.39 is 17.8 Å². The molecular weight excluding hydrogens is 566 g/mol. The molecule has 1 saturated heterocycles. The van der Waals surface area contributed by atoms with Crippen LogP contribution in [-0.2, 0) is 22.3 Å². The first-order valence-electron chi connectivity index (χ1n) is 13.3. The van der Waals surface area contributed by atoms with Gasteiger partial charge >= 0.3 is 6.18 Å². The Bertz CT molecular complexity index is 1450. The topological polar surface area (TPSA) is 81.2 Å². The van der Waals surface area contributed by atoms with Gasteiger partial charge in [0.15, 0.2) is 0 Å². The van der Waals surface area contributed by atoms with Crippen LogP contribution in [0.15, 0.2) is 35.1 Å². The SMILES string of the molecule is N#Cc1cc(C2OCC3(COCc4c(-c5c(Cl)cncc5Cl)noc4C4CC4)CCCC2C3)cc(C(F)(F)F)c1. The predicted molar refractivity (Wildman–Crippen MR) is 141 cm³/mol. The summed E-state index contributed by atoms with van der Waals surface area (Å²) in [5, 5.41) is 14.4. The molecule has 40 heavy (non-hydrogen) atoms. The van der Waals surface area contributed by atoms with Crippen LogP contribution in [0.3, 0.4) is 0 Å². The molecule has 2 saturated carbocycles. The third-order valence-electron chi connectivity index (χ3n) is 8.23. The summed E-state index contributed by atoms with van der Waals surface area (Å²) < 4.78 is 58.8. The molecule has 2 aromatic heterocycles. The quantitative estimate of drug-likeness (QED) is 0.275. The summed E-state index contributed by atoms with van der Waals surface area (Å²) >= 11 is 12.8. The summed E-state index contributed by atoms with van der Waals surface area (Å²) in [7, 11) is 0. The number of fused-ring (bicyclic) bond motifs is 2. The number of hydrogen-bond donors (Lipinski definition) is 0. The molecule has 0 N–H and O–H groups in total. The fraction of sp³-hybridized carbons (Fsp3) is 0.483. The van der Waals surface area contributed by atoms with Crippen LogP contribution >= 0.6 is 23.2 Å². The molecule has 1 aromatic carbocycles. The average Bonchev–Trinajstić information content (AvgIpc) is 3.69. The number of hydrogen-bond acceptors (Lipinski definition) is 6. The Morgan fingerprint density at radius 1 is 1.12 bits per heavy atom. The molecular formula is C29H26Cl2F3N3O3. The lowest BCUT2D eigenvalue weighted by Gasteiger charge is -2.48. The molecule has 3 aliphatic rings. The van der Waals surface area contributed by atoms with Crippen molar-refractivity contribution in [3.05, 3.63) is 68.7 Å². The second-order valence-electron chi connectivity index (χ2n) is 11.2. The highest BCUT2D eigenvalue weighted by molar-refractivity contribution is 6.38. The highest BCUT2D eigenvalue weighted by atomic mass is 35.5. The van der Waals surface area contributed by atoms with Crippen LogP contribution in [0.5, 0.6) is 0 Å². The van der Waals surface area contributed by atoms with E-state index >= 15 is 0 Å². The highest BCUT2D eigenvalue weighted by Gasteiger charge is 2.46. The van der Waals surface area contributed by atoms with Crippen molar-refractivity contribution >= 4 is 23.2 Å². The Morgan fingerprint density at radius 2 is 1.90 bits per heavy atom. The standard InChI is InChI=1S/C29H26Cl2F3N3O3/c30-22-11-36-12-23(31)24(22)25-21(27(40-37-25)17-3-4-17)13-38-14-28-5-1-2-18(9-28)26(39-15-28)19-6-16(10-35)7-20(8-19)29(32,33)34/h6-8,11-12,17-18,26H,1-5,9,13-15H2. The fourth-order valence-corrected chi connectivity index (χ4v) is 6.75. The first-order valence-corrected chi connectivity index (χ1v) is 14.0. The van der Waals surface area contributed by atoms with Crippen molar-refractivity contribution in [1.29, 1.82) is 5.26 Å². The summed E-state index contributed by atoms with van der Waals surface area (Å²) in [6.07, 6.45) is 3.46. The highest BCUT2D eigenvalue weighted by Crippen LogP contribution is 2.52. The number of ether oxygens (including phenoxy) is 2. The van der Waals surface area contributed by atoms with E-state index in [2.05, 4.69) is 10.1 Å². The minimum Gasteiger partial charge on any atom is -0.376 e. The number of pyridine rings is 1. The number of halogens is 5. The zero-order valence-electron chi connectivity index (χ0n) is 21.4. The number of rotatable bonds is 7. The van der Waals surface area contributed by atoms with Crippen LogP contribution in [-0.4, -0.2) is 23.4 Å². The van der Waals surface area contributed by atoms with Crippen LogP contribution in [0.1, 0.15) is 78.6 Å². The maximum Gasteiger partial charge on any atom is 0.416 e. The van der Waals surface area contributed by atoms with E-state index in [4.69, 9.17) is 37.2 Å². The van der Waals surface area contributed by atoms with Gasteiger partial charge < -0.3 is 14.0 Å². The van der Waals surface area contributed by atoms with E-state index in [1.54, 1.807) is 0 Å². The van der Waals surface area contributed by atoms with Crippen molar-refractivity contribution in [2.45, 2.75) is 63.3 Å².